The minimum Gasteiger partial charge on any atom is -0.390 e. The highest BCUT2D eigenvalue weighted by atomic mass is 16.3. The molecule has 2 radical (unpaired) electrons. The summed E-state index contributed by atoms with van der Waals surface area (Å²) in [4.78, 5) is 0. The van der Waals surface area contributed by atoms with Gasteiger partial charge in [-0.05, 0) is 12.4 Å². The largest absolute Gasteiger partial charge is 0.390 e. The molecule has 3 nitrogen and oxygen atoms in total. The molecule has 1 rings (SSSR count). The maximum Gasteiger partial charge on any atom is 0.0959 e. The maximum atomic E-state index is 9.37. The molecule has 3 N–H and O–H groups in total. The number of hydrogen-bond donors (Lipinski definition) is 3. The minimum absolute atomic E-state index is 0.0370. The molecule has 1 fully saturated rings. The summed E-state index contributed by atoms with van der Waals surface area (Å²) in [6, 6.07) is -0.0370. The first kappa shape index (κ1) is 9.04. The molecule has 0 aromatic carbocycles. The zero-order valence-corrected chi connectivity index (χ0v) is 6.70. The van der Waals surface area contributed by atoms with Crippen molar-refractivity contribution in [3.8, 4) is 0 Å². The molecular weight excluding hydrogens is 141 g/mol. The highest BCUT2D eigenvalue weighted by Gasteiger charge is 2.36. The number of aliphatic hydroxyl groups excluding tert-OH is 2. The van der Waals surface area contributed by atoms with Gasteiger partial charge in [-0.2, -0.15) is 0 Å². The van der Waals surface area contributed by atoms with Crippen molar-refractivity contribution in [2.75, 3.05) is 0 Å². The molecule has 0 aliphatic carbocycles. The van der Waals surface area contributed by atoms with Crippen LogP contribution in [0.3, 0.4) is 0 Å². The van der Waals surface area contributed by atoms with E-state index in [9.17, 15) is 10.2 Å². The van der Waals surface area contributed by atoms with Crippen molar-refractivity contribution < 1.29 is 10.2 Å². The predicted molar refractivity (Wildman–Crippen MR) is 43.4 cm³/mol. The summed E-state index contributed by atoms with van der Waals surface area (Å²) < 4.78 is 0. The standard InChI is InChI=1S/C7H14BNO2/c1-2-3-4-5(10)6(11)7(8)9-4/h4-7,9-11H,2-3H2,1H3/t4-,5-,6-,7-/m1/s1. The molecule has 1 heterocycles. The molecule has 4 heteroatoms. The van der Waals surface area contributed by atoms with Crippen molar-refractivity contribution in [2.24, 2.45) is 0 Å². The third-order valence-corrected chi connectivity index (χ3v) is 2.14. The van der Waals surface area contributed by atoms with Crippen LogP contribution in [-0.4, -0.2) is 42.3 Å². The Kier molecular flexibility index (Phi) is 2.93. The summed E-state index contributed by atoms with van der Waals surface area (Å²) in [6.07, 6.45) is 0.316. The fourth-order valence-electron chi connectivity index (χ4n) is 1.46. The van der Waals surface area contributed by atoms with E-state index in [0.29, 0.717) is 0 Å². The van der Waals surface area contributed by atoms with E-state index in [1.165, 1.54) is 0 Å². The molecular formula is C7H14BNO2. The van der Waals surface area contributed by atoms with Crippen LogP contribution in [0, 0.1) is 0 Å². The van der Waals surface area contributed by atoms with Crippen LogP contribution in [-0.2, 0) is 0 Å². The number of nitrogens with one attached hydrogen (secondary N) is 1. The third kappa shape index (κ3) is 1.75. The number of hydrogen-bond acceptors (Lipinski definition) is 3. The van der Waals surface area contributed by atoms with Crippen molar-refractivity contribution in [3.63, 3.8) is 0 Å². The van der Waals surface area contributed by atoms with Crippen LogP contribution in [0.15, 0.2) is 0 Å². The molecule has 4 atom stereocenters. The van der Waals surface area contributed by atoms with Crippen molar-refractivity contribution >= 4 is 7.85 Å². The van der Waals surface area contributed by atoms with Crippen LogP contribution in [0.2, 0.25) is 0 Å². The second kappa shape index (κ2) is 3.56. The van der Waals surface area contributed by atoms with Gasteiger partial charge in [-0.3, -0.25) is 0 Å². The first-order valence-corrected chi connectivity index (χ1v) is 4.04. The van der Waals surface area contributed by atoms with E-state index in [4.69, 9.17) is 7.85 Å². The Morgan fingerprint density at radius 3 is 2.36 bits per heavy atom. The van der Waals surface area contributed by atoms with E-state index in [0.717, 1.165) is 12.8 Å². The Bertz CT molecular complexity index is 134. The summed E-state index contributed by atoms with van der Waals surface area (Å²) in [5, 5.41) is 21.5. The van der Waals surface area contributed by atoms with Gasteiger partial charge in [0.25, 0.3) is 0 Å². The van der Waals surface area contributed by atoms with E-state index < -0.39 is 18.1 Å². The van der Waals surface area contributed by atoms with Crippen LogP contribution in [0.25, 0.3) is 0 Å². The van der Waals surface area contributed by atoms with Crippen molar-refractivity contribution in [2.45, 2.75) is 44.0 Å². The van der Waals surface area contributed by atoms with E-state index in [1.54, 1.807) is 0 Å². The topological polar surface area (TPSA) is 52.5 Å². The molecule has 0 aromatic rings. The summed E-state index contributed by atoms with van der Waals surface area (Å²) in [7, 11) is 5.47. The van der Waals surface area contributed by atoms with E-state index >= 15 is 0 Å². The fourth-order valence-corrected chi connectivity index (χ4v) is 1.46. The average Bonchev–Trinajstić information content (AvgIpc) is 2.19. The van der Waals surface area contributed by atoms with Crippen LogP contribution in [0.5, 0.6) is 0 Å². The Hall–Kier alpha value is -0.0551. The zero-order valence-electron chi connectivity index (χ0n) is 6.70. The van der Waals surface area contributed by atoms with Gasteiger partial charge in [0.1, 0.15) is 0 Å². The highest BCUT2D eigenvalue weighted by molar-refractivity contribution is 6.12. The van der Waals surface area contributed by atoms with Gasteiger partial charge in [0.05, 0.1) is 20.1 Å². The SMILES string of the molecule is [B][C@@H]1N[C@H](CCC)[C@@H](O)[C@H]1O. The molecule has 0 saturated carbocycles. The molecule has 0 amide bonds. The van der Waals surface area contributed by atoms with Crippen LogP contribution < -0.4 is 5.32 Å². The first-order chi connectivity index (χ1) is 5.16. The quantitative estimate of drug-likeness (QED) is 0.447. The van der Waals surface area contributed by atoms with Gasteiger partial charge in [0.2, 0.25) is 0 Å². The maximum absolute atomic E-state index is 9.37. The van der Waals surface area contributed by atoms with Gasteiger partial charge in [-0.1, -0.05) is 13.3 Å². The molecule has 1 saturated heterocycles. The lowest BCUT2D eigenvalue weighted by Crippen LogP contribution is -2.33. The first-order valence-electron chi connectivity index (χ1n) is 4.04. The van der Waals surface area contributed by atoms with Crippen LogP contribution in [0.4, 0.5) is 0 Å². The summed E-state index contributed by atoms with van der Waals surface area (Å²) >= 11 is 0. The van der Waals surface area contributed by atoms with E-state index in [-0.39, 0.29) is 6.04 Å². The highest BCUT2D eigenvalue weighted by Crippen LogP contribution is 2.15. The Morgan fingerprint density at radius 2 is 2.00 bits per heavy atom. The van der Waals surface area contributed by atoms with Gasteiger partial charge in [-0.25, -0.2) is 0 Å². The molecule has 1 aliphatic heterocycles. The summed E-state index contributed by atoms with van der Waals surface area (Å²) in [5.41, 5.74) is 0. The summed E-state index contributed by atoms with van der Waals surface area (Å²) in [6.45, 7) is 2.03. The van der Waals surface area contributed by atoms with Gasteiger partial charge < -0.3 is 15.5 Å². The van der Waals surface area contributed by atoms with E-state index in [1.807, 2.05) is 6.92 Å². The minimum atomic E-state index is -0.813. The van der Waals surface area contributed by atoms with Gasteiger partial charge in [0.15, 0.2) is 0 Å². The fraction of sp³-hybridized carbons (Fsp3) is 1.00. The normalized spacial score (nSPS) is 44.6. The predicted octanol–water partition coefficient (Wildman–Crippen LogP) is -1.03. The lowest BCUT2D eigenvalue weighted by atomic mass is 9.92. The molecule has 11 heavy (non-hydrogen) atoms. The van der Waals surface area contributed by atoms with Gasteiger partial charge in [0, 0.05) is 6.04 Å². The number of aliphatic hydroxyl groups is 2. The van der Waals surface area contributed by atoms with Crippen LogP contribution in [0.1, 0.15) is 19.8 Å². The number of rotatable bonds is 2. The molecule has 62 valence electrons. The third-order valence-electron chi connectivity index (χ3n) is 2.14. The zero-order chi connectivity index (χ0) is 8.43. The summed E-state index contributed by atoms with van der Waals surface area (Å²) in [5.74, 6) is -0.471. The van der Waals surface area contributed by atoms with E-state index in [2.05, 4.69) is 5.32 Å². The monoisotopic (exact) mass is 155 g/mol. The second-order valence-corrected chi connectivity index (χ2v) is 3.07. The van der Waals surface area contributed by atoms with Gasteiger partial charge >= 0.3 is 0 Å². The smallest absolute Gasteiger partial charge is 0.0959 e. The molecule has 0 aromatic heterocycles. The lowest BCUT2D eigenvalue weighted by Gasteiger charge is -2.14. The Morgan fingerprint density at radius 1 is 1.36 bits per heavy atom. The Labute approximate surface area is 68.2 Å². The van der Waals surface area contributed by atoms with Crippen molar-refractivity contribution in [3.05, 3.63) is 0 Å². The Balaban J connectivity index is 2.45. The van der Waals surface area contributed by atoms with Crippen LogP contribution >= 0.6 is 0 Å². The second-order valence-electron chi connectivity index (χ2n) is 3.07. The molecule has 0 unspecified atom stereocenters. The van der Waals surface area contributed by atoms with Crippen molar-refractivity contribution in [1.82, 2.24) is 5.32 Å². The molecule has 0 bridgehead atoms. The lowest BCUT2D eigenvalue weighted by molar-refractivity contribution is 0.0353. The molecule has 0 spiro atoms. The van der Waals surface area contributed by atoms with Crippen molar-refractivity contribution in [1.29, 1.82) is 0 Å². The molecule has 1 aliphatic rings. The van der Waals surface area contributed by atoms with Gasteiger partial charge in [-0.15, -0.1) is 0 Å². The average molecular weight is 155 g/mol.